The van der Waals surface area contributed by atoms with Crippen LogP contribution >= 0.6 is 0 Å². The Morgan fingerprint density at radius 2 is 1.37 bits per heavy atom. The molecule has 3 aromatic heterocycles. The second kappa shape index (κ2) is 17.5. The fourth-order valence-electron chi connectivity index (χ4n) is 5.08. The van der Waals surface area contributed by atoms with E-state index in [9.17, 15) is 34.2 Å². The summed E-state index contributed by atoms with van der Waals surface area (Å²) in [7, 11) is 1.17. The van der Waals surface area contributed by atoms with Gasteiger partial charge in [-0.2, -0.15) is 9.59 Å². The normalized spacial score (nSPS) is 13.1. The molecule has 4 heterocycles. The summed E-state index contributed by atoms with van der Waals surface area (Å²) < 4.78 is 21.1. The molecular weight excluding hydrogens is 672 g/mol. The number of nitrogens with zero attached hydrogens (tertiary/aromatic N) is 4. The third-order valence-electron chi connectivity index (χ3n) is 7.60. The number of carbonyl (C=O) groups excluding carboxylic acids is 7. The topological polar surface area (TPSA) is 247 Å². The minimum absolute atomic E-state index is 0.0133. The lowest BCUT2D eigenvalue weighted by atomic mass is 9.99. The second-order valence-electron chi connectivity index (χ2n) is 11.1. The molecule has 0 saturated heterocycles. The van der Waals surface area contributed by atoms with Crippen LogP contribution in [-0.4, -0.2) is 99.0 Å². The summed E-state index contributed by atoms with van der Waals surface area (Å²) in [6, 6.07) is 9.21. The third kappa shape index (κ3) is 9.10. The van der Waals surface area contributed by atoms with Crippen LogP contribution in [0.5, 0.6) is 5.75 Å². The van der Waals surface area contributed by atoms with Crippen molar-refractivity contribution in [2.75, 3.05) is 33.5 Å². The van der Waals surface area contributed by atoms with Gasteiger partial charge in [0.2, 0.25) is 5.89 Å². The molecule has 17 nitrogen and oxygen atoms in total. The van der Waals surface area contributed by atoms with E-state index in [2.05, 4.69) is 19.7 Å². The van der Waals surface area contributed by atoms with Gasteiger partial charge >= 0.3 is 12.1 Å². The number of benzene rings is 1. The largest absolute Gasteiger partial charge is 0.493 e. The minimum Gasteiger partial charge on any atom is -0.493 e. The zero-order chi connectivity index (χ0) is 37.1. The van der Waals surface area contributed by atoms with Crippen molar-refractivity contribution >= 4 is 35.5 Å². The van der Waals surface area contributed by atoms with E-state index >= 15 is 0 Å². The van der Waals surface area contributed by atoms with E-state index in [1.165, 1.54) is 25.5 Å². The van der Waals surface area contributed by atoms with Crippen molar-refractivity contribution in [2.45, 2.75) is 38.0 Å². The molecule has 0 saturated carbocycles. The number of esters is 1. The lowest BCUT2D eigenvalue weighted by Crippen LogP contribution is -2.31. The van der Waals surface area contributed by atoms with Crippen molar-refractivity contribution in [3.05, 3.63) is 94.6 Å². The predicted octanol–water partition coefficient (Wildman–Crippen LogP) is 2.33. The molecule has 0 radical (unpaired) electrons. The summed E-state index contributed by atoms with van der Waals surface area (Å²) in [5.74, 6) is -4.21. The number of rotatable bonds is 16. The predicted molar refractivity (Wildman–Crippen MR) is 168 cm³/mol. The van der Waals surface area contributed by atoms with Gasteiger partial charge in [-0.25, -0.2) is 19.7 Å². The average Bonchev–Trinajstić information content (AvgIpc) is 3.86. The maximum atomic E-state index is 13.4. The van der Waals surface area contributed by atoms with Crippen LogP contribution < -0.4 is 4.74 Å². The first-order valence-corrected chi connectivity index (χ1v) is 15.4. The molecule has 2 unspecified atom stereocenters. The number of Topliss-reactive ketones (excluding diaryl/α,β-unsaturated/α-hetero) is 2. The molecule has 1 aliphatic rings. The van der Waals surface area contributed by atoms with Crippen molar-refractivity contribution in [1.82, 2.24) is 19.9 Å². The number of carbonyl (C=O) groups is 5. The summed E-state index contributed by atoms with van der Waals surface area (Å²) >= 11 is 0. The highest BCUT2D eigenvalue weighted by Crippen LogP contribution is 2.26. The maximum Gasteiger partial charge on any atom is 0.373 e. The molecule has 1 aromatic carbocycles. The summed E-state index contributed by atoms with van der Waals surface area (Å²) in [5.41, 5.74) is 0.793. The SMILES string of the molecule is COC(=O)c1coc(C(CO)CC(=O)c2cc(OCCCN3C(=O)c4ccccc4C3=O)cc(C(=O)CC(CO)c3nc(C)co3)n2)n1.O=C=O. The number of ether oxygens (including phenoxy) is 2. The molecule has 2 atom stereocenters. The quantitative estimate of drug-likeness (QED) is 0.0735. The highest BCUT2D eigenvalue weighted by Gasteiger charge is 2.34. The number of aliphatic hydroxyl groups excluding tert-OH is 2. The van der Waals surface area contributed by atoms with Gasteiger partial charge in [0.15, 0.2) is 23.2 Å². The van der Waals surface area contributed by atoms with Gasteiger partial charge in [-0.3, -0.25) is 24.1 Å². The molecule has 0 aliphatic carbocycles. The standard InChI is InChI=1S/C33H32N4O11.CO2/c1-18-16-47-29(34-18)19(14-38)10-27(40)24-12-21(46-9-5-8-37-31(42)22-6-3-4-7-23(22)32(37)43)13-25(35-24)28(41)11-20(15-39)30-36-26(17-48-30)33(44)45-2;2-1-3/h3-4,6-7,12-13,16-17,19-20,38-39H,5,8-11,14-15H2,1-2H3;. The fraction of sp³-hybridized carbons (Fsp3) is 0.324. The van der Waals surface area contributed by atoms with E-state index in [0.717, 1.165) is 11.2 Å². The first-order valence-electron chi connectivity index (χ1n) is 15.4. The molecule has 5 rings (SSSR count). The molecule has 1 aliphatic heterocycles. The number of hydrogen-bond donors (Lipinski definition) is 2. The molecule has 0 fully saturated rings. The number of aryl methyl sites for hydroxylation is 1. The second-order valence-corrected chi connectivity index (χ2v) is 11.1. The zero-order valence-corrected chi connectivity index (χ0v) is 27.4. The summed E-state index contributed by atoms with van der Waals surface area (Å²) in [4.78, 5) is 93.9. The van der Waals surface area contributed by atoms with Crippen molar-refractivity contribution in [3.63, 3.8) is 0 Å². The number of amides is 2. The monoisotopic (exact) mass is 704 g/mol. The molecule has 17 heteroatoms. The van der Waals surface area contributed by atoms with Gasteiger partial charge in [0.1, 0.15) is 29.7 Å². The van der Waals surface area contributed by atoms with E-state index in [0.29, 0.717) is 16.8 Å². The molecule has 4 aromatic rings. The van der Waals surface area contributed by atoms with Gasteiger partial charge in [0, 0.05) is 31.5 Å². The molecule has 266 valence electrons. The Morgan fingerprint density at radius 1 is 0.843 bits per heavy atom. The molecule has 0 spiro atoms. The molecule has 0 bridgehead atoms. The van der Waals surface area contributed by atoms with E-state index in [1.807, 2.05) is 0 Å². The van der Waals surface area contributed by atoms with E-state index < -0.39 is 54.4 Å². The Bertz CT molecular complexity index is 1910. The minimum atomic E-state index is -0.951. The number of imide groups is 1. The van der Waals surface area contributed by atoms with Gasteiger partial charge in [0.05, 0.1) is 55.6 Å². The van der Waals surface area contributed by atoms with Crippen molar-refractivity contribution in [3.8, 4) is 5.75 Å². The van der Waals surface area contributed by atoms with Gasteiger partial charge in [-0.05, 0) is 25.5 Å². The van der Waals surface area contributed by atoms with Crippen LogP contribution in [0.1, 0.15) is 101 Å². The van der Waals surface area contributed by atoms with E-state index in [4.69, 9.17) is 23.2 Å². The van der Waals surface area contributed by atoms with Crippen molar-refractivity contribution in [1.29, 1.82) is 0 Å². The van der Waals surface area contributed by atoms with Gasteiger partial charge < -0.3 is 28.5 Å². The van der Waals surface area contributed by atoms with Crippen LogP contribution in [0, 0.1) is 6.92 Å². The van der Waals surface area contributed by atoms with Crippen LogP contribution in [-0.2, 0) is 14.3 Å². The van der Waals surface area contributed by atoms with Crippen LogP contribution in [0.25, 0.3) is 0 Å². The summed E-state index contributed by atoms with van der Waals surface area (Å²) in [6.45, 7) is 0.795. The number of pyridine rings is 1. The number of ketones is 2. The first-order chi connectivity index (χ1) is 24.5. The number of methoxy groups -OCH3 is 1. The maximum absolute atomic E-state index is 13.4. The lowest BCUT2D eigenvalue weighted by Gasteiger charge is -2.15. The van der Waals surface area contributed by atoms with Crippen LogP contribution in [0.2, 0.25) is 0 Å². The van der Waals surface area contributed by atoms with Gasteiger partial charge in [-0.1, -0.05) is 12.1 Å². The Labute approximate surface area is 289 Å². The Morgan fingerprint density at radius 3 is 1.86 bits per heavy atom. The van der Waals surface area contributed by atoms with Crippen LogP contribution in [0.15, 0.2) is 57.8 Å². The highest BCUT2D eigenvalue weighted by atomic mass is 16.5. The Hall–Kier alpha value is -6.16. The van der Waals surface area contributed by atoms with Gasteiger partial charge in [0.25, 0.3) is 11.8 Å². The van der Waals surface area contributed by atoms with E-state index in [-0.39, 0.29) is 73.2 Å². The average molecular weight is 705 g/mol. The Balaban J connectivity index is 0.00000188. The van der Waals surface area contributed by atoms with E-state index in [1.54, 1.807) is 31.2 Å². The first kappa shape index (κ1) is 37.7. The smallest absolute Gasteiger partial charge is 0.373 e. The van der Waals surface area contributed by atoms with Crippen molar-refractivity contribution < 1.29 is 62.1 Å². The highest BCUT2D eigenvalue weighted by molar-refractivity contribution is 6.21. The number of aliphatic hydroxyl groups is 2. The lowest BCUT2D eigenvalue weighted by molar-refractivity contribution is -0.191. The Kier molecular flexibility index (Phi) is 12.9. The molecule has 2 amide bonds. The number of oxazole rings is 2. The number of fused-ring (bicyclic) bond motifs is 1. The summed E-state index contributed by atoms with van der Waals surface area (Å²) in [6.07, 6.45) is 2.35. The number of aromatic nitrogens is 3. The van der Waals surface area contributed by atoms with Gasteiger partial charge in [-0.15, -0.1) is 0 Å². The summed E-state index contributed by atoms with van der Waals surface area (Å²) in [5, 5.41) is 19.9. The fourth-order valence-corrected chi connectivity index (χ4v) is 5.08. The third-order valence-corrected chi connectivity index (χ3v) is 7.60. The van der Waals surface area contributed by atoms with Crippen LogP contribution in [0.4, 0.5) is 0 Å². The number of hydrogen-bond acceptors (Lipinski definition) is 16. The zero-order valence-electron chi connectivity index (χ0n) is 27.4. The molecular formula is C34H32N4O13. The van der Waals surface area contributed by atoms with Crippen LogP contribution in [0.3, 0.4) is 0 Å². The molecule has 51 heavy (non-hydrogen) atoms. The van der Waals surface area contributed by atoms with Crippen molar-refractivity contribution in [2.24, 2.45) is 0 Å². The molecule has 2 N–H and O–H groups in total.